The molecule has 4 aromatic rings. The van der Waals surface area contributed by atoms with Gasteiger partial charge in [0.1, 0.15) is 17.4 Å². The van der Waals surface area contributed by atoms with Gasteiger partial charge in [0, 0.05) is 18.0 Å². The maximum atomic E-state index is 12.2. The molecule has 1 aromatic carbocycles. The number of fused-ring (bicyclic) bond motifs is 1. The highest BCUT2D eigenvalue weighted by atomic mass is 32.2. The molecule has 0 saturated heterocycles. The van der Waals surface area contributed by atoms with Crippen LogP contribution in [-0.2, 0) is 5.75 Å². The highest BCUT2D eigenvalue weighted by Crippen LogP contribution is 2.32. The molecule has 0 saturated carbocycles. The van der Waals surface area contributed by atoms with Crippen molar-refractivity contribution in [2.24, 2.45) is 0 Å². The SMILES string of the molecule is CCOc1ccccc1Nc1nnc(SCc2cc(=O)n3[nH]cc(C#N)c3n2)s1. The molecular formula is C18H15N7O2S2. The summed E-state index contributed by atoms with van der Waals surface area (Å²) >= 11 is 2.82. The van der Waals surface area contributed by atoms with Crippen LogP contribution < -0.4 is 15.6 Å². The van der Waals surface area contributed by atoms with E-state index in [9.17, 15) is 4.79 Å². The van der Waals surface area contributed by atoms with E-state index in [1.54, 1.807) is 0 Å². The Labute approximate surface area is 173 Å². The standard InChI is InChI=1S/C18H15N7O2S2/c1-2-27-14-6-4-3-5-13(14)22-17-23-24-18(29-17)28-10-12-7-15(26)25-16(21-12)11(8-19)9-20-25/h3-7,9,20H,2,10H2,1H3,(H,22,23). The lowest BCUT2D eigenvalue weighted by Gasteiger charge is -2.09. The number of rotatable bonds is 7. The molecule has 9 nitrogen and oxygen atoms in total. The third-order valence-corrected chi connectivity index (χ3v) is 5.86. The van der Waals surface area contributed by atoms with Crippen molar-refractivity contribution < 1.29 is 4.74 Å². The van der Waals surface area contributed by atoms with Gasteiger partial charge in [-0.05, 0) is 19.1 Å². The molecule has 3 heterocycles. The summed E-state index contributed by atoms with van der Waals surface area (Å²) in [5, 5.41) is 24.0. The van der Waals surface area contributed by atoms with Gasteiger partial charge in [0.25, 0.3) is 5.56 Å². The molecule has 146 valence electrons. The number of hydrogen-bond acceptors (Lipinski definition) is 9. The van der Waals surface area contributed by atoms with Crippen LogP contribution in [0.1, 0.15) is 18.2 Å². The Hall–Kier alpha value is -3.36. The first-order chi connectivity index (χ1) is 14.2. The number of nitriles is 1. The maximum absolute atomic E-state index is 12.2. The highest BCUT2D eigenvalue weighted by Gasteiger charge is 2.11. The Kier molecular flexibility index (Phi) is 5.46. The third-order valence-electron chi connectivity index (χ3n) is 3.85. The number of para-hydroxylation sites is 2. The molecule has 11 heteroatoms. The molecule has 2 N–H and O–H groups in total. The zero-order chi connectivity index (χ0) is 20.2. The van der Waals surface area contributed by atoms with Crippen LogP contribution in [0.25, 0.3) is 5.65 Å². The van der Waals surface area contributed by atoms with Crippen molar-refractivity contribution in [3.63, 3.8) is 0 Å². The Balaban J connectivity index is 1.47. The van der Waals surface area contributed by atoms with Crippen LogP contribution >= 0.6 is 23.1 Å². The minimum Gasteiger partial charge on any atom is -0.492 e. The van der Waals surface area contributed by atoms with E-state index in [1.807, 2.05) is 37.3 Å². The van der Waals surface area contributed by atoms with Gasteiger partial charge in [-0.2, -0.15) is 5.26 Å². The first kappa shape index (κ1) is 19.0. The molecule has 0 aliphatic rings. The summed E-state index contributed by atoms with van der Waals surface area (Å²) in [6, 6.07) is 11.1. The van der Waals surface area contributed by atoms with Crippen molar-refractivity contribution in [1.82, 2.24) is 24.8 Å². The van der Waals surface area contributed by atoms with Crippen molar-refractivity contribution in [2.75, 3.05) is 11.9 Å². The van der Waals surface area contributed by atoms with E-state index in [0.29, 0.717) is 34.4 Å². The van der Waals surface area contributed by atoms with Crippen molar-refractivity contribution in [2.45, 2.75) is 17.0 Å². The Morgan fingerprint density at radius 2 is 2.24 bits per heavy atom. The lowest BCUT2D eigenvalue weighted by molar-refractivity contribution is 0.342. The number of aromatic amines is 1. The number of benzene rings is 1. The summed E-state index contributed by atoms with van der Waals surface area (Å²) in [7, 11) is 0. The number of thioether (sulfide) groups is 1. The van der Waals surface area contributed by atoms with Gasteiger partial charge in [-0.15, -0.1) is 10.2 Å². The summed E-state index contributed by atoms with van der Waals surface area (Å²) < 4.78 is 7.58. The van der Waals surface area contributed by atoms with Crippen molar-refractivity contribution in [3.8, 4) is 11.8 Å². The number of nitrogens with one attached hydrogen (secondary N) is 2. The summed E-state index contributed by atoms with van der Waals surface area (Å²) in [4.78, 5) is 16.6. The van der Waals surface area contributed by atoms with Crippen molar-refractivity contribution in [1.29, 1.82) is 5.26 Å². The van der Waals surface area contributed by atoms with Gasteiger partial charge < -0.3 is 10.1 Å². The molecular weight excluding hydrogens is 410 g/mol. The topological polar surface area (TPSA) is 121 Å². The quantitative estimate of drug-likeness (QED) is 0.433. The summed E-state index contributed by atoms with van der Waals surface area (Å²) in [5.41, 5.74) is 1.77. The van der Waals surface area contributed by atoms with E-state index in [4.69, 9.17) is 10.00 Å². The van der Waals surface area contributed by atoms with Crippen LogP contribution in [0.2, 0.25) is 0 Å². The average Bonchev–Trinajstić information content (AvgIpc) is 3.35. The fourth-order valence-electron chi connectivity index (χ4n) is 2.61. The van der Waals surface area contributed by atoms with Crippen LogP contribution in [0.3, 0.4) is 0 Å². The van der Waals surface area contributed by atoms with Crippen LogP contribution in [0.5, 0.6) is 5.75 Å². The molecule has 0 unspecified atom stereocenters. The predicted octanol–water partition coefficient (Wildman–Crippen LogP) is 3.18. The van der Waals surface area contributed by atoms with Gasteiger partial charge in [0.2, 0.25) is 5.13 Å². The first-order valence-electron chi connectivity index (χ1n) is 8.63. The largest absolute Gasteiger partial charge is 0.492 e. The van der Waals surface area contributed by atoms with Gasteiger partial charge >= 0.3 is 0 Å². The van der Waals surface area contributed by atoms with E-state index < -0.39 is 0 Å². The molecule has 0 spiro atoms. The molecule has 0 atom stereocenters. The molecule has 29 heavy (non-hydrogen) atoms. The fourth-order valence-corrected chi connectivity index (χ4v) is 4.26. The van der Waals surface area contributed by atoms with E-state index in [0.717, 1.165) is 15.8 Å². The van der Waals surface area contributed by atoms with Crippen molar-refractivity contribution >= 4 is 39.6 Å². The van der Waals surface area contributed by atoms with E-state index in [2.05, 4.69) is 25.6 Å². The van der Waals surface area contributed by atoms with Crippen LogP contribution in [0, 0.1) is 11.3 Å². The van der Waals surface area contributed by atoms with Gasteiger partial charge in [-0.25, -0.2) is 9.50 Å². The number of H-pyrrole nitrogens is 1. The number of hydrogen-bond donors (Lipinski definition) is 2. The van der Waals surface area contributed by atoms with E-state index in [1.165, 1.54) is 39.9 Å². The van der Waals surface area contributed by atoms with Crippen LogP contribution in [0.15, 0.2) is 45.7 Å². The lowest BCUT2D eigenvalue weighted by atomic mass is 10.3. The first-order valence-corrected chi connectivity index (χ1v) is 10.4. The molecule has 0 fully saturated rings. The Morgan fingerprint density at radius 3 is 3.07 bits per heavy atom. The minimum absolute atomic E-state index is 0.265. The van der Waals surface area contributed by atoms with Crippen LogP contribution in [-0.4, -0.2) is 31.4 Å². The number of anilines is 2. The number of nitrogens with zero attached hydrogens (tertiary/aromatic N) is 5. The number of ether oxygens (including phenoxy) is 1. The second-order valence-electron chi connectivity index (χ2n) is 5.76. The zero-order valence-electron chi connectivity index (χ0n) is 15.2. The molecule has 0 amide bonds. The average molecular weight is 425 g/mol. The minimum atomic E-state index is -0.265. The molecule has 3 aromatic heterocycles. The predicted molar refractivity (Wildman–Crippen MR) is 111 cm³/mol. The molecule has 0 aliphatic heterocycles. The molecule has 0 radical (unpaired) electrons. The second kappa shape index (κ2) is 8.34. The summed E-state index contributed by atoms with van der Waals surface area (Å²) in [5.74, 6) is 1.18. The fraction of sp³-hybridized carbons (Fsp3) is 0.167. The highest BCUT2D eigenvalue weighted by molar-refractivity contribution is 8.00. The van der Waals surface area contributed by atoms with Crippen LogP contribution in [0.4, 0.5) is 10.8 Å². The van der Waals surface area contributed by atoms with E-state index in [-0.39, 0.29) is 5.56 Å². The monoisotopic (exact) mass is 425 g/mol. The summed E-state index contributed by atoms with van der Waals surface area (Å²) in [6.07, 6.45) is 1.46. The smallest absolute Gasteiger partial charge is 0.272 e. The van der Waals surface area contributed by atoms with Gasteiger partial charge in [-0.1, -0.05) is 35.2 Å². The van der Waals surface area contributed by atoms with Gasteiger partial charge in [0.15, 0.2) is 9.99 Å². The second-order valence-corrected chi connectivity index (χ2v) is 7.96. The van der Waals surface area contributed by atoms with Gasteiger partial charge in [0.05, 0.1) is 18.0 Å². The zero-order valence-corrected chi connectivity index (χ0v) is 16.9. The number of aromatic nitrogens is 5. The summed E-state index contributed by atoms with van der Waals surface area (Å²) in [6.45, 7) is 2.50. The van der Waals surface area contributed by atoms with E-state index >= 15 is 0 Å². The van der Waals surface area contributed by atoms with Gasteiger partial charge in [-0.3, -0.25) is 9.89 Å². The van der Waals surface area contributed by atoms with Crippen molar-refractivity contribution in [3.05, 3.63) is 58.1 Å². The molecule has 0 aliphatic carbocycles. The third kappa shape index (κ3) is 4.08. The Bertz CT molecular complexity index is 1260. The molecule has 4 rings (SSSR count). The normalized spacial score (nSPS) is 10.8. The maximum Gasteiger partial charge on any atom is 0.272 e. The lowest BCUT2D eigenvalue weighted by Crippen LogP contribution is -2.15. The Morgan fingerprint density at radius 1 is 1.38 bits per heavy atom. The molecule has 0 bridgehead atoms.